The molecule has 1 amide bonds. The van der Waals surface area contributed by atoms with Crippen LogP contribution >= 0.6 is 12.2 Å². The van der Waals surface area contributed by atoms with Crippen LogP contribution in [0, 0.1) is 11.7 Å². The third kappa shape index (κ3) is 3.77. The van der Waals surface area contributed by atoms with Crippen LogP contribution in [-0.2, 0) is 11.3 Å². The van der Waals surface area contributed by atoms with Gasteiger partial charge in [-0.25, -0.2) is 0 Å². The molecule has 0 radical (unpaired) electrons. The van der Waals surface area contributed by atoms with Crippen LogP contribution in [0.4, 0.5) is 5.69 Å². The normalized spacial score (nSPS) is 10.8. The molecular weight excluding hydrogens is 372 g/mol. The molecule has 140 valence electrons. The lowest BCUT2D eigenvalue weighted by Crippen LogP contribution is -2.19. The Labute approximate surface area is 166 Å². The number of aromatic nitrogens is 5. The molecule has 28 heavy (non-hydrogen) atoms. The highest BCUT2D eigenvalue weighted by atomic mass is 32.1. The fourth-order valence-electron chi connectivity index (χ4n) is 2.99. The van der Waals surface area contributed by atoms with Crippen LogP contribution in [0.1, 0.15) is 5.56 Å². The van der Waals surface area contributed by atoms with E-state index >= 15 is 0 Å². The molecule has 7 nitrogen and oxygen atoms in total. The number of carbonyl (C=O) groups excluding carboxylic acids is 1. The van der Waals surface area contributed by atoms with E-state index in [-0.39, 0.29) is 12.5 Å². The predicted molar refractivity (Wildman–Crippen MR) is 110 cm³/mol. The zero-order chi connectivity index (χ0) is 19.5. The van der Waals surface area contributed by atoms with E-state index in [1.54, 1.807) is 10.8 Å². The average molecular weight is 390 g/mol. The fraction of sp³-hybridized carbons (Fsp3) is 0.100. The predicted octanol–water partition coefficient (Wildman–Crippen LogP) is 3.94. The lowest BCUT2D eigenvalue weighted by molar-refractivity contribution is -0.116. The summed E-state index contributed by atoms with van der Waals surface area (Å²) < 4.78 is 2.09. The summed E-state index contributed by atoms with van der Waals surface area (Å²) in [6.45, 7) is 2.07. The fourth-order valence-corrected chi connectivity index (χ4v) is 3.19. The van der Waals surface area contributed by atoms with Gasteiger partial charge < -0.3 is 5.32 Å². The summed E-state index contributed by atoms with van der Waals surface area (Å²) in [4.78, 5) is 12.6. The van der Waals surface area contributed by atoms with Crippen LogP contribution in [0.25, 0.3) is 22.6 Å². The molecule has 0 saturated carbocycles. The Morgan fingerprint density at radius 2 is 1.93 bits per heavy atom. The average Bonchev–Trinajstić information content (AvgIpc) is 3.33. The van der Waals surface area contributed by atoms with Gasteiger partial charge in [-0.2, -0.15) is 10.2 Å². The number of nitrogens with one attached hydrogen (secondary N) is 3. The number of hydrogen-bond acceptors (Lipinski definition) is 4. The summed E-state index contributed by atoms with van der Waals surface area (Å²) in [7, 11) is 0. The van der Waals surface area contributed by atoms with Gasteiger partial charge in [0.15, 0.2) is 10.6 Å². The number of amides is 1. The minimum absolute atomic E-state index is 0.0624. The number of anilines is 1. The molecule has 0 atom stereocenters. The van der Waals surface area contributed by atoms with Crippen LogP contribution in [0.2, 0.25) is 0 Å². The number of benzene rings is 2. The van der Waals surface area contributed by atoms with E-state index in [9.17, 15) is 4.79 Å². The Morgan fingerprint density at radius 3 is 2.71 bits per heavy atom. The summed E-state index contributed by atoms with van der Waals surface area (Å²) in [5, 5.41) is 16.9. The lowest BCUT2D eigenvalue weighted by Gasteiger charge is -2.09. The van der Waals surface area contributed by atoms with E-state index in [0.717, 1.165) is 22.4 Å². The molecule has 4 rings (SSSR count). The van der Waals surface area contributed by atoms with Crippen molar-refractivity contribution < 1.29 is 4.79 Å². The molecule has 2 aromatic carbocycles. The van der Waals surface area contributed by atoms with Crippen LogP contribution < -0.4 is 5.32 Å². The van der Waals surface area contributed by atoms with Crippen LogP contribution in [0.5, 0.6) is 0 Å². The van der Waals surface area contributed by atoms with Crippen LogP contribution in [0.15, 0.2) is 60.8 Å². The molecule has 0 aliphatic rings. The van der Waals surface area contributed by atoms with Gasteiger partial charge in [0.1, 0.15) is 6.54 Å². The highest BCUT2D eigenvalue weighted by Crippen LogP contribution is 2.21. The first kappa shape index (κ1) is 17.9. The molecule has 2 heterocycles. The largest absolute Gasteiger partial charge is 0.325 e. The van der Waals surface area contributed by atoms with E-state index in [0.29, 0.717) is 16.3 Å². The number of aryl methyl sites for hydroxylation is 1. The Morgan fingerprint density at radius 1 is 1.11 bits per heavy atom. The molecule has 0 saturated heterocycles. The topological polar surface area (TPSA) is 91.4 Å². The minimum Gasteiger partial charge on any atom is -0.325 e. The number of nitrogens with zero attached hydrogens (tertiary/aromatic N) is 3. The van der Waals surface area contributed by atoms with Crippen LogP contribution in [0.3, 0.4) is 0 Å². The second-order valence-electron chi connectivity index (χ2n) is 6.41. The van der Waals surface area contributed by atoms with Crippen molar-refractivity contribution in [2.24, 2.45) is 0 Å². The minimum atomic E-state index is -0.187. The maximum Gasteiger partial charge on any atom is 0.244 e. The standard InChI is InChI=1S/C20H18N6OS/c1-13-4-2-6-15(10-13)19-24-25-20(28)26(19)12-18(27)22-16-7-3-5-14(11-16)17-8-9-21-23-17/h2-11H,12H2,1H3,(H,21,23)(H,22,27)(H,25,28). The van der Waals surface area contributed by atoms with Crippen LogP contribution in [-0.4, -0.2) is 30.9 Å². The van der Waals surface area contributed by atoms with Crippen molar-refractivity contribution in [2.45, 2.75) is 13.5 Å². The van der Waals surface area contributed by atoms with Gasteiger partial charge in [0.2, 0.25) is 5.91 Å². The highest BCUT2D eigenvalue weighted by molar-refractivity contribution is 7.71. The molecule has 2 aromatic heterocycles. The molecule has 0 aliphatic carbocycles. The monoisotopic (exact) mass is 390 g/mol. The maximum atomic E-state index is 12.6. The van der Waals surface area contributed by atoms with Gasteiger partial charge in [-0.05, 0) is 43.4 Å². The van der Waals surface area contributed by atoms with Crippen molar-refractivity contribution in [3.8, 4) is 22.6 Å². The van der Waals surface area contributed by atoms with Gasteiger partial charge in [-0.15, -0.1) is 0 Å². The molecule has 4 aromatic rings. The summed E-state index contributed by atoms with van der Waals surface area (Å²) in [5.41, 5.74) is 4.54. The van der Waals surface area contributed by atoms with E-state index in [1.807, 2.05) is 61.5 Å². The van der Waals surface area contributed by atoms with Gasteiger partial charge in [-0.1, -0.05) is 35.9 Å². The molecule has 8 heteroatoms. The summed E-state index contributed by atoms with van der Waals surface area (Å²) in [5.74, 6) is 0.447. The third-order valence-corrected chi connectivity index (χ3v) is 4.61. The summed E-state index contributed by atoms with van der Waals surface area (Å²) >= 11 is 5.32. The highest BCUT2D eigenvalue weighted by Gasteiger charge is 2.13. The zero-order valence-corrected chi connectivity index (χ0v) is 16.0. The molecule has 0 spiro atoms. The molecule has 0 bridgehead atoms. The SMILES string of the molecule is Cc1cccc(-c2n[nH]c(=S)n2CC(=O)Nc2cccc(-c3ccn[nH]3)c2)c1. The molecule has 3 N–H and O–H groups in total. The molecule has 0 fully saturated rings. The van der Waals surface area contributed by atoms with Crippen molar-refractivity contribution in [3.05, 3.63) is 71.1 Å². The first-order chi connectivity index (χ1) is 13.6. The van der Waals surface area contributed by atoms with Gasteiger partial charge in [0.05, 0.1) is 5.69 Å². The number of H-pyrrole nitrogens is 2. The van der Waals surface area contributed by atoms with E-state index in [2.05, 4.69) is 25.7 Å². The number of aromatic amines is 2. The quantitative estimate of drug-likeness (QED) is 0.450. The Kier molecular flexibility index (Phi) is 4.86. The second kappa shape index (κ2) is 7.61. The van der Waals surface area contributed by atoms with Gasteiger partial charge in [0, 0.05) is 23.0 Å². The molecule has 0 aliphatic heterocycles. The molecular formula is C20H18N6OS. The van der Waals surface area contributed by atoms with E-state index in [1.165, 1.54) is 0 Å². The van der Waals surface area contributed by atoms with Crippen molar-refractivity contribution in [3.63, 3.8) is 0 Å². The van der Waals surface area contributed by atoms with Gasteiger partial charge in [0.25, 0.3) is 0 Å². The number of hydrogen-bond donors (Lipinski definition) is 3. The Hall–Kier alpha value is -3.52. The first-order valence-corrected chi connectivity index (χ1v) is 9.13. The first-order valence-electron chi connectivity index (χ1n) is 8.72. The summed E-state index contributed by atoms with van der Waals surface area (Å²) in [6.07, 6.45) is 1.69. The van der Waals surface area contributed by atoms with Crippen molar-refractivity contribution in [1.29, 1.82) is 0 Å². The number of rotatable bonds is 5. The van der Waals surface area contributed by atoms with Crippen molar-refractivity contribution >= 4 is 23.8 Å². The maximum absolute atomic E-state index is 12.6. The lowest BCUT2D eigenvalue weighted by atomic mass is 10.1. The number of carbonyl (C=O) groups is 1. The van der Waals surface area contributed by atoms with E-state index in [4.69, 9.17) is 12.2 Å². The smallest absolute Gasteiger partial charge is 0.244 e. The van der Waals surface area contributed by atoms with E-state index < -0.39 is 0 Å². The Balaban J connectivity index is 1.55. The Bertz CT molecular complexity index is 1180. The van der Waals surface area contributed by atoms with Gasteiger partial charge >= 0.3 is 0 Å². The van der Waals surface area contributed by atoms with Crippen molar-refractivity contribution in [2.75, 3.05) is 5.32 Å². The van der Waals surface area contributed by atoms with Gasteiger partial charge in [-0.3, -0.25) is 19.6 Å². The van der Waals surface area contributed by atoms with Crippen molar-refractivity contribution in [1.82, 2.24) is 25.0 Å². The molecule has 0 unspecified atom stereocenters. The zero-order valence-electron chi connectivity index (χ0n) is 15.1. The summed E-state index contributed by atoms with van der Waals surface area (Å²) in [6, 6.07) is 17.4. The third-order valence-electron chi connectivity index (χ3n) is 4.29. The second-order valence-corrected chi connectivity index (χ2v) is 6.79.